The fraction of sp³-hybridized carbons (Fsp3) is 0.737. The minimum Gasteiger partial charge on any atom is -0.394 e. The van der Waals surface area contributed by atoms with E-state index in [1.54, 1.807) is 32.9 Å². The second-order valence-electron chi connectivity index (χ2n) is 7.86. The van der Waals surface area contributed by atoms with Gasteiger partial charge >= 0.3 is 0 Å². The van der Waals surface area contributed by atoms with Gasteiger partial charge in [-0.15, -0.1) is 0 Å². The molecule has 1 aliphatic heterocycles. The fourth-order valence-electron chi connectivity index (χ4n) is 3.58. The fourth-order valence-corrected chi connectivity index (χ4v) is 3.58. The molecule has 8 nitrogen and oxygen atoms in total. The largest absolute Gasteiger partial charge is 0.394 e. The third-order valence-electron chi connectivity index (χ3n) is 5.31. The van der Waals surface area contributed by atoms with Crippen LogP contribution < -0.4 is 0 Å². The number of allylic oxidation sites excluding steroid dienone is 2. The molecule has 1 saturated heterocycles. The number of carbonyl (C=O) groups excluding carboxylic acids is 1. The molecule has 154 valence electrons. The van der Waals surface area contributed by atoms with Crippen molar-refractivity contribution in [3.05, 3.63) is 23.3 Å². The average molecular weight is 386 g/mol. The van der Waals surface area contributed by atoms with Crippen LogP contribution in [0.4, 0.5) is 0 Å². The standard InChI is InChI=1S/C19H30O8/c1-9-7-12(21)17(25)19(3,4)11(9)6-5-10(2)26-18-16(24)15(23)14(22)13(8-20)27-18/h5-6,10,13-18,20,22-25H,7-8H2,1-4H3/b6-5+/t10-,13+,14+,15-,16+,17+,18+/m0/s1. The zero-order valence-electron chi connectivity index (χ0n) is 16.1. The van der Waals surface area contributed by atoms with Gasteiger partial charge in [-0.2, -0.15) is 0 Å². The van der Waals surface area contributed by atoms with Crippen molar-refractivity contribution in [2.75, 3.05) is 6.61 Å². The lowest BCUT2D eigenvalue weighted by atomic mass is 9.70. The highest BCUT2D eigenvalue weighted by Crippen LogP contribution is 2.39. The molecule has 0 spiro atoms. The zero-order valence-corrected chi connectivity index (χ0v) is 16.1. The Bertz CT molecular complexity index is 609. The summed E-state index contributed by atoms with van der Waals surface area (Å²) in [6.45, 7) is 6.60. The Labute approximate surface area is 158 Å². The first-order valence-corrected chi connectivity index (χ1v) is 9.05. The van der Waals surface area contributed by atoms with Crippen molar-refractivity contribution in [3.8, 4) is 0 Å². The van der Waals surface area contributed by atoms with Gasteiger partial charge in [0.25, 0.3) is 0 Å². The topological polar surface area (TPSA) is 137 Å². The lowest BCUT2D eigenvalue weighted by Crippen LogP contribution is -2.59. The Morgan fingerprint density at radius 3 is 2.44 bits per heavy atom. The van der Waals surface area contributed by atoms with E-state index < -0.39 is 54.9 Å². The molecule has 2 rings (SSSR count). The van der Waals surface area contributed by atoms with Gasteiger partial charge in [0.05, 0.1) is 12.7 Å². The second-order valence-corrected chi connectivity index (χ2v) is 7.86. The van der Waals surface area contributed by atoms with Gasteiger partial charge in [0.1, 0.15) is 30.5 Å². The molecule has 0 amide bonds. The third-order valence-corrected chi connectivity index (χ3v) is 5.31. The molecule has 0 aromatic carbocycles. The summed E-state index contributed by atoms with van der Waals surface area (Å²) in [4.78, 5) is 11.9. The van der Waals surface area contributed by atoms with Crippen LogP contribution in [-0.2, 0) is 14.3 Å². The highest BCUT2D eigenvalue weighted by molar-refractivity contribution is 5.88. The summed E-state index contributed by atoms with van der Waals surface area (Å²) in [5.41, 5.74) is 0.962. The number of aliphatic hydroxyl groups excluding tert-OH is 5. The van der Waals surface area contributed by atoms with Gasteiger partial charge < -0.3 is 35.0 Å². The minimum atomic E-state index is -1.50. The first kappa shape index (κ1) is 22.2. The minimum absolute atomic E-state index is 0.187. The van der Waals surface area contributed by atoms with Crippen molar-refractivity contribution in [1.82, 2.24) is 0 Å². The van der Waals surface area contributed by atoms with E-state index in [0.717, 1.165) is 11.1 Å². The molecule has 0 aromatic rings. The molecule has 8 heteroatoms. The predicted octanol–water partition coefficient (Wildman–Crippen LogP) is -0.576. The molecule has 1 fully saturated rings. The Hall–Kier alpha value is -1.13. The maximum absolute atomic E-state index is 11.9. The molecule has 1 heterocycles. The second kappa shape index (κ2) is 8.48. The Balaban J connectivity index is 2.09. The summed E-state index contributed by atoms with van der Waals surface area (Å²) < 4.78 is 10.9. The van der Waals surface area contributed by atoms with Crippen LogP contribution in [0.1, 0.15) is 34.1 Å². The number of carbonyl (C=O) groups is 1. The first-order valence-electron chi connectivity index (χ1n) is 9.05. The quantitative estimate of drug-likeness (QED) is 0.423. The highest BCUT2D eigenvalue weighted by Gasteiger charge is 2.44. The van der Waals surface area contributed by atoms with Gasteiger partial charge in [-0.25, -0.2) is 0 Å². The Morgan fingerprint density at radius 2 is 1.85 bits per heavy atom. The summed E-state index contributed by atoms with van der Waals surface area (Å²) in [6.07, 6.45) is -4.62. The lowest BCUT2D eigenvalue weighted by Gasteiger charge is -2.40. The van der Waals surface area contributed by atoms with Gasteiger partial charge in [-0.3, -0.25) is 4.79 Å². The van der Waals surface area contributed by atoms with Crippen LogP contribution in [0.2, 0.25) is 0 Å². The number of hydrogen-bond acceptors (Lipinski definition) is 8. The maximum atomic E-state index is 11.9. The average Bonchev–Trinajstić information content (AvgIpc) is 2.60. The van der Waals surface area contributed by atoms with E-state index in [4.69, 9.17) is 9.47 Å². The summed E-state index contributed by atoms with van der Waals surface area (Å²) >= 11 is 0. The van der Waals surface area contributed by atoms with Crippen LogP contribution in [0, 0.1) is 5.41 Å². The van der Waals surface area contributed by atoms with Gasteiger partial charge in [0, 0.05) is 11.8 Å². The number of ether oxygens (including phenoxy) is 2. The summed E-state index contributed by atoms with van der Waals surface area (Å²) in [7, 11) is 0. The van der Waals surface area contributed by atoms with Crippen molar-refractivity contribution >= 4 is 5.78 Å². The van der Waals surface area contributed by atoms with Gasteiger partial charge in [-0.05, 0) is 19.4 Å². The Kier molecular flexibility index (Phi) is 6.96. The molecule has 7 atom stereocenters. The van der Waals surface area contributed by atoms with Crippen molar-refractivity contribution in [3.63, 3.8) is 0 Å². The number of rotatable bonds is 5. The number of aliphatic hydroxyl groups is 5. The van der Waals surface area contributed by atoms with E-state index in [-0.39, 0.29) is 12.2 Å². The summed E-state index contributed by atoms with van der Waals surface area (Å²) in [5.74, 6) is -0.208. The van der Waals surface area contributed by atoms with E-state index in [1.807, 2.05) is 6.92 Å². The van der Waals surface area contributed by atoms with Gasteiger partial charge in [0.15, 0.2) is 12.1 Å². The molecule has 1 aliphatic carbocycles. The molecule has 5 N–H and O–H groups in total. The van der Waals surface area contributed by atoms with Gasteiger partial charge in [0.2, 0.25) is 0 Å². The molecular weight excluding hydrogens is 356 g/mol. The van der Waals surface area contributed by atoms with Gasteiger partial charge in [-0.1, -0.05) is 31.6 Å². The van der Waals surface area contributed by atoms with Crippen molar-refractivity contribution < 1.29 is 39.8 Å². The maximum Gasteiger partial charge on any atom is 0.187 e. The number of ketones is 1. The van der Waals surface area contributed by atoms with Crippen molar-refractivity contribution in [2.24, 2.45) is 5.41 Å². The van der Waals surface area contributed by atoms with Crippen LogP contribution in [0.3, 0.4) is 0 Å². The van der Waals surface area contributed by atoms with Crippen molar-refractivity contribution in [2.45, 2.75) is 77.0 Å². The van der Waals surface area contributed by atoms with Crippen LogP contribution >= 0.6 is 0 Å². The Morgan fingerprint density at radius 1 is 1.22 bits per heavy atom. The van der Waals surface area contributed by atoms with Crippen LogP contribution in [-0.4, -0.2) is 80.8 Å². The van der Waals surface area contributed by atoms with E-state index in [1.165, 1.54) is 0 Å². The van der Waals surface area contributed by atoms with E-state index >= 15 is 0 Å². The molecule has 0 bridgehead atoms. The number of Topliss-reactive ketones (excluding diaryl/α,β-unsaturated/α-hetero) is 1. The SMILES string of the molecule is CC1=C(/C=C/[C@H](C)O[C@@H]2O[C@H](CO)[C@@H](O)[C@H](O)[C@H]2O)C(C)(C)[C@H](O)C(=O)C1. The van der Waals surface area contributed by atoms with Crippen molar-refractivity contribution in [1.29, 1.82) is 0 Å². The smallest absolute Gasteiger partial charge is 0.187 e. The monoisotopic (exact) mass is 386 g/mol. The van der Waals surface area contributed by atoms with E-state index in [2.05, 4.69) is 0 Å². The predicted molar refractivity (Wildman–Crippen MR) is 95.6 cm³/mol. The van der Waals surface area contributed by atoms with E-state index in [0.29, 0.717) is 0 Å². The molecule has 0 saturated carbocycles. The molecule has 0 aromatic heterocycles. The van der Waals surface area contributed by atoms with E-state index in [9.17, 15) is 30.3 Å². The molecular formula is C19H30O8. The number of hydrogen-bond donors (Lipinski definition) is 5. The molecule has 27 heavy (non-hydrogen) atoms. The van der Waals surface area contributed by atoms with Crippen LogP contribution in [0.5, 0.6) is 0 Å². The summed E-state index contributed by atoms with van der Waals surface area (Å²) in [6, 6.07) is 0. The highest BCUT2D eigenvalue weighted by atomic mass is 16.7. The molecule has 0 radical (unpaired) electrons. The van der Waals surface area contributed by atoms with Crippen LogP contribution in [0.15, 0.2) is 23.3 Å². The van der Waals surface area contributed by atoms with Crippen LogP contribution in [0.25, 0.3) is 0 Å². The molecule has 2 aliphatic rings. The first-order chi connectivity index (χ1) is 12.5. The normalized spacial score (nSPS) is 38.5. The lowest BCUT2D eigenvalue weighted by molar-refractivity contribution is -0.306. The third kappa shape index (κ3) is 4.48. The zero-order chi connectivity index (χ0) is 20.5. The molecule has 0 unspecified atom stereocenters. The summed E-state index contributed by atoms with van der Waals surface area (Å²) in [5, 5.41) is 49.0.